The van der Waals surface area contributed by atoms with E-state index in [-0.39, 0.29) is 4.90 Å². The Labute approximate surface area is 130 Å². The van der Waals surface area contributed by atoms with Gasteiger partial charge in [0, 0.05) is 22.7 Å². The highest BCUT2D eigenvalue weighted by Crippen LogP contribution is 2.33. The van der Waals surface area contributed by atoms with Crippen molar-refractivity contribution in [1.82, 2.24) is 0 Å². The van der Waals surface area contributed by atoms with Crippen molar-refractivity contribution in [3.63, 3.8) is 0 Å². The Morgan fingerprint density at radius 2 is 2.10 bits per heavy atom. The molecule has 1 aliphatic carbocycles. The second-order valence-electron chi connectivity index (χ2n) is 5.47. The highest BCUT2D eigenvalue weighted by Gasteiger charge is 2.25. The van der Waals surface area contributed by atoms with Crippen molar-refractivity contribution in [1.29, 1.82) is 0 Å². The number of nitrogens with two attached hydrogens (primary N) is 2. The molecule has 0 aliphatic heterocycles. The minimum atomic E-state index is -3.76. The summed E-state index contributed by atoms with van der Waals surface area (Å²) in [6.07, 6.45) is 3.38. The van der Waals surface area contributed by atoms with E-state index in [0.717, 1.165) is 24.3 Å². The van der Waals surface area contributed by atoms with Crippen LogP contribution in [0.1, 0.15) is 31.7 Å². The molecule has 2 atom stereocenters. The SMILES string of the molecule is CCSC1CCC(Nc2cc(N)cc(S(N)(=O)=O)c2C)C1. The second kappa shape index (κ2) is 6.46. The van der Waals surface area contributed by atoms with Crippen molar-refractivity contribution < 1.29 is 8.42 Å². The lowest BCUT2D eigenvalue weighted by atomic mass is 10.1. The lowest BCUT2D eigenvalue weighted by molar-refractivity contribution is 0.597. The van der Waals surface area contributed by atoms with Gasteiger partial charge in [-0.25, -0.2) is 13.6 Å². The number of nitrogen functional groups attached to an aromatic ring is 1. The van der Waals surface area contributed by atoms with Crippen LogP contribution < -0.4 is 16.2 Å². The Morgan fingerprint density at radius 1 is 1.38 bits per heavy atom. The maximum Gasteiger partial charge on any atom is 0.238 e. The Kier molecular flexibility index (Phi) is 5.06. The number of hydrogen-bond donors (Lipinski definition) is 3. The van der Waals surface area contributed by atoms with Crippen LogP contribution in [0.2, 0.25) is 0 Å². The molecule has 2 rings (SSSR count). The molecular formula is C14H23N3O2S2. The molecule has 2 unspecified atom stereocenters. The summed E-state index contributed by atoms with van der Waals surface area (Å²) in [6, 6.07) is 3.56. The first kappa shape index (κ1) is 16.5. The molecule has 5 nitrogen and oxygen atoms in total. The van der Waals surface area contributed by atoms with Gasteiger partial charge in [-0.15, -0.1) is 0 Å². The van der Waals surface area contributed by atoms with Crippen molar-refractivity contribution >= 4 is 33.2 Å². The largest absolute Gasteiger partial charge is 0.399 e. The third-order valence-corrected chi connectivity index (χ3v) is 6.11. The quantitative estimate of drug-likeness (QED) is 0.720. The van der Waals surface area contributed by atoms with Crippen LogP contribution in [-0.4, -0.2) is 25.5 Å². The van der Waals surface area contributed by atoms with Gasteiger partial charge in [0.05, 0.1) is 4.90 Å². The van der Waals surface area contributed by atoms with Crippen LogP contribution in [0.4, 0.5) is 11.4 Å². The summed E-state index contributed by atoms with van der Waals surface area (Å²) in [4.78, 5) is 0.0995. The molecular weight excluding hydrogens is 306 g/mol. The van der Waals surface area contributed by atoms with E-state index in [1.165, 1.54) is 12.5 Å². The van der Waals surface area contributed by atoms with Crippen molar-refractivity contribution in [3.05, 3.63) is 17.7 Å². The van der Waals surface area contributed by atoms with Crippen molar-refractivity contribution in [2.45, 2.75) is 49.3 Å². The number of benzene rings is 1. The number of thioether (sulfide) groups is 1. The first-order valence-corrected chi connectivity index (χ1v) is 9.71. The monoisotopic (exact) mass is 329 g/mol. The molecule has 1 fully saturated rings. The number of sulfonamides is 1. The fourth-order valence-corrected chi connectivity index (χ4v) is 4.81. The Hall–Kier alpha value is -0.920. The lowest BCUT2D eigenvalue weighted by Gasteiger charge is -2.18. The number of hydrogen-bond acceptors (Lipinski definition) is 5. The molecule has 5 N–H and O–H groups in total. The molecule has 1 aromatic rings. The van der Waals surface area contributed by atoms with Crippen LogP contribution in [-0.2, 0) is 10.0 Å². The van der Waals surface area contributed by atoms with Gasteiger partial charge in [0.1, 0.15) is 0 Å². The smallest absolute Gasteiger partial charge is 0.238 e. The van der Waals surface area contributed by atoms with Gasteiger partial charge in [0.2, 0.25) is 10.0 Å². The Balaban J connectivity index is 2.20. The average Bonchev–Trinajstić information content (AvgIpc) is 2.80. The predicted octanol–water partition coefficient (Wildman–Crippen LogP) is 2.31. The van der Waals surface area contributed by atoms with E-state index in [2.05, 4.69) is 12.2 Å². The summed E-state index contributed by atoms with van der Waals surface area (Å²) in [5.41, 5.74) is 7.62. The van der Waals surface area contributed by atoms with Crippen molar-refractivity contribution in [3.8, 4) is 0 Å². The van der Waals surface area contributed by atoms with Crippen LogP contribution in [0, 0.1) is 6.92 Å². The molecule has 21 heavy (non-hydrogen) atoms. The molecule has 0 amide bonds. The zero-order chi connectivity index (χ0) is 15.6. The minimum absolute atomic E-state index is 0.0995. The summed E-state index contributed by atoms with van der Waals surface area (Å²) >= 11 is 1.99. The van der Waals surface area contributed by atoms with E-state index < -0.39 is 10.0 Å². The molecule has 118 valence electrons. The van der Waals surface area contributed by atoms with E-state index in [1.807, 2.05) is 11.8 Å². The molecule has 0 bridgehead atoms. The zero-order valence-corrected chi connectivity index (χ0v) is 14.1. The molecule has 0 spiro atoms. The normalized spacial score (nSPS) is 22.4. The van der Waals surface area contributed by atoms with Crippen LogP contribution in [0.15, 0.2) is 17.0 Å². The molecule has 1 aromatic carbocycles. The van der Waals surface area contributed by atoms with Gasteiger partial charge in [-0.2, -0.15) is 11.8 Å². The Morgan fingerprint density at radius 3 is 2.71 bits per heavy atom. The highest BCUT2D eigenvalue weighted by molar-refractivity contribution is 7.99. The van der Waals surface area contributed by atoms with Gasteiger partial charge in [0.25, 0.3) is 0 Å². The van der Waals surface area contributed by atoms with E-state index in [4.69, 9.17) is 10.9 Å². The van der Waals surface area contributed by atoms with Crippen LogP contribution in [0.5, 0.6) is 0 Å². The van der Waals surface area contributed by atoms with E-state index in [1.54, 1.807) is 13.0 Å². The number of nitrogens with one attached hydrogen (secondary N) is 1. The predicted molar refractivity (Wildman–Crippen MR) is 90.1 cm³/mol. The molecule has 0 aromatic heterocycles. The lowest BCUT2D eigenvalue weighted by Crippen LogP contribution is -2.19. The molecule has 0 saturated heterocycles. The minimum Gasteiger partial charge on any atom is -0.399 e. The van der Waals surface area contributed by atoms with E-state index >= 15 is 0 Å². The van der Waals surface area contributed by atoms with Crippen molar-refractivity contribution in [2.24, 2.45) is 5.14 Å². The summed E-state index contributed by atoms with van der Waals surface area (Å²) in [7, 11) is -3.76. The molecule has 0 radical (unpaired) electrons. The fourth-order valence-electron chi connectivity index (χ4n) is 2.83. The van der Waals surface area contributed by atoms with Crippen LogP contribution in [0.25, 0.3) is 0 Å². The molecule has 1 saturated carbocycles. The highest BCUT2D eigenvalue weighted by atomic mass is 32.2. The third kappa shape index (κ3) is 4.05. The zero-order valence-electron chi connectivity index (χ0n) is 12.4. The van der Waals surface area contributed by atoms with Gasteiger partial charge in [0.15, 0.2) is 0 Å². The second-order valence-corrected chi connectivity index (χ2v) is 8.58. The van der Waals surface area contributed by atoms with Crippen LogP contribution in [0.3, 0.4) is 0 Å². The standard InChI is InChI=1S/C14H23N3O2S2/c1-3-20-12-5-4-11(8-12)17-13-6-10(15)7-14(9(13)2)21(16,18)19/h6-7,11-12,17H,3-5,8,15H2,1-2H3,(H2,16,18,19). The van der Waals surface area contributed by atoms with E-state index in [0.29, 0.717) is 22.5 Å². The number of rotatable bonds is 5. The van der Waals surface area contributed by atoms with Gasteiger partial charge >= 0.3 is 0 Å². The summed E-state index contributed by atoms with van der Waals surface area (Å²) in [5, 5.41) is 9.37. The molecule has 7 heteroatoms. The van der Waals surface area contributed by atoms with Gasteiger partial charge in [-0.1, -0.05) is 6.92 Å². The number of anilines is 2. The third-order valence-electron chi connectivity index (χ3n) is 3.84. The van der Waals surface area contributed by atoms with Gasteiger partial charge in [-0.05, 0) is 49.6 Å². The average molecular weight is 329 g/mol. The maximum atomic E-state index is 11.6. The van der Waals surface area contributed by atoms with Crippen LogP contribution >= 0.6 is 11.8 Å². The first-order chi connectivity index (χ1) is 9.81. The van der Waals surface area contributed by atoms with E-state index in [9.17, 15) is 8.42 Å². The topological polar surface area (TPSA) is 98.2 Å². The fraction of sp³-hybridized carbons (Fsp3) is 0.571. The summed E-state index contributed by atoms with van der Waals surface area (Å²) in [6.45, 7) is 3.93. The van der Waals surface area contributed by atoms with Gasteiger partial charge in [-0.3, -0.25) is 0 Å². The van der Waals surface area contributed by atoms with Gasteiger partial charge < -0.3 is 11.1 Å². The molecule has 1 aliphatic rings. The molecule has 0 heterocycles. The number of primary sulfonamides is 1. The summed E-state index contributed by atoms with van der Waals surface area (Å²) in [5.74, 6) is 1.13. The van der Waals surface area contributed by atoms with Crippen molar-refractivity contribution in [2.75, 3.05) is 16.8 Å². The Bertz CT molecular complexity index is 617. The first-order valence-electron chi connectivity index (χ1n) is 7.12. The maximum absolute atomic E-state index is 11.6. The summed E-state index contributed by atoms with van der Waals surface area (Å²) < 4.78 is 23.2.